The molecule has 1 atom stereocenters. The van der Waals surface area contributed by atoms with Crippen LogP contribution in [-0.2, 0) is 0 Å². The molecular weight excluding hydrogens is 204 g/mol. The standard InChI is InChI=1S/C17H16/c1-2-16(17-11-7-4-8-12-17)14-13-15-9-5-3-6-10-15/h3-12,16H,2H2,1H3. The van der Waals surface area contributed by atoms with Gasteiger partial charge in [0.2, 0.25) is 0 Å². The third-order valence-corrected chi connectivity index (χ3v) is 2.77. The van der Waals surface area contributed by atoms with Gasteiger partial charge in [0.25, 0.3) is 0 Å². The monoisotopic (exact) mass is 220 g/mol. The summed E-state index contributed by atoms with van der Waals surface area (Å²) < 4.78 is 0. The molecule has 2 aromatic carbocycles. The third kappa shape index (κ3) is 3.23. The number of hydrogen-bond donors (Lipinski definition) is 0. The Hall–Kier alpha value is -2.00. The largest absolute Gasteiger partial charge is 0.0897 e. The van der Waals surface area contributed by atoms with Crippen molar-refractivity contribution in [3.63, 3.8) is 0 Å². The molecule has 0 N–H and O–H groups in total. The Morgan fingerprint density at radius 3 is 2.06 bits per heavy atom. The minimum Gasteiger partial charge on any atom is -0.0897 e. The van der Waals surface area contributed by atoms with Crippen LogP contribution in [0.2, 0.25) is 0 Å². The van der Waals surface area contributed by atoms with Gasteiger partial charge in [-0.1, -0.05) is 67.3 Å². The molecular formula is C17H16. The molecule has 84 valence electrons. The van der Waals surface area contributed by atoms with Crippen LogP contribution in [0, 0.1) is 11.8 Å². The molecule has 0 nitrogen and oxygen atoms in total. The van der Waals surface area contributed by atoms with Crippen LogP contribution in [-0.4, -0.2) is 0 Å². The molecule has 0 aliphatic heterocycles. The SMILES string of the molecule is CCC(C#Cc1ccccc1)c1ccccc1. The summed E-state index contributed by atoms with van der Waals surface area (Å²) in [6.45, 7) is 2.18. The summed E-state index contributed by atoms with van der Waals surface area (Å²) in [6.07, 6.45) is 1.05. The molecule has 0 aliphatic carbocycles. The second-order valence-corrected chi connectivity index (χ2v) is 4.01. The van der Waals surface area contributed by atoms with Crippen molar-refractivity contribution < 1.29 is 0 Å². The summed E-state index contributed by atoms with van der Waals surface area (Å²) in [7, 11) is 0. The number of rotatable bonds is 2. The lowest BCUT2D eigenvalue weighted by Crippen LogP contribution is -1.93. The molecule has 0 spiro atoms. The first-order valence-corrected chi connectivity index (χ1v) is 6.01. The van der Waals surface area contributed by atoms with E-state index in [1.165, 1.54) is 5.56 Å². The van der Waals surface area contributed by atoms with E-state index < -0.39 is 0 Å². The molecule has 0 saturated carbocycles. The van der Waals surface area contributed by atoms with E-state index in [0.717, 1.165) is 12.0 Å². The maximum absolute atomic E-state index is 3.35. The van der Waals surface area contributed by atoms with E-state index in [1.807, 2.05) is 36.4 Å². The Morgan fingerprint density at radius 2 is 1.47 bits per heavy atom. The van der Waals surface area contributed by atoms with E-state index >= 15 is 0 Å². The van der Waals surface area contributed by atoms with Crippen molar-refractivity contribution in [2.75, 3.05) is 0 Å². The highest BCUT2D eigenvalue weighted by Crippen LogP contribution is 2.17. The van der Waals surface area contributed by atoms with Gasteiger partial charge in [-0.25, -0.2) is 0 Å². The molecule has 0 fully saturated rings. The molecule has 0 aliphatic rings. The maximum Gasteiger partial charge on any atom is 0.0453 e. The summed E-state index contributed by atoms with van der Waals surface area (Å²) >= 11 is 0. The predicted molar refractivity (Wildman–Crippen MR) is 72.8 cm³/mol. The average molecular weight is 220 g/mol. The van der Waals surface area contributed by atoms with Gasteiger partial charge in [0.15, 0.2) is 0 Å². The van der Waals surface area contributed by atoms with Crippen LogP contribution < -0.4 is 0 Å². The first-order valence-electron chi connectivity index (χ1n) is 6.01. The molecule has 0 heterocycles. The van der Waals surface area contributed by atoms with Crippen molar-refractivity contribution >= 4 is 0 Å². The van der Waals surface area contributed by atoms with Crippen LogP contribution in [0.15, 0.2) is 60.7 Å². The van der Waals surface area contributed by atoms with E-state index in [9.17, 15) is 0 Å². The van der Waals surface area contributed by atoms with E-state index in [4.69, 9.17) is 0 Å². The first kappa shape index (κ1) is 11.5. The van der Waals surface area contributed by atoms with Gasteiger partial charge in [0.05, 0.1) is 0 Å². The van der Waals surface area contributed by atoms with Crippen molar-refractivity contribution in [3.8, 4) is 11.8 Å². The van der Waals surface area contributed by atoms with Crippen molar-refractivity contribution in [1.29, 1.82) is 0 Å². The molecule has 0 aromatic heterocycles. The molecule has 0 heteroatoms. The topological polar surface area (TPSA) is 0 Å². The summed E-state index contributed by atoms with van der Waals surface area (Å²) in [5.74, 6) is 6.93. The average Bonchev–Trinajstić information content (AvgIpc) is 2.42. The highest BCUT2D eigenvalue weighted by molar-refractivity contribution is 5.37. The predicted octanol–water partition coefficient (Wildman–Crippen LogP) is 4.23. The fraction of sp³-hybridized carbons (Fsp3) is 0.176. The molecule has 0 bridgehead atoms. The Morgan fingerprint density at radius 1 is 0.882 bits per heavy atom. The molecule has 2 aromatic rings. The normalized spacial score (nSPS) is 11.4. The number of benzene rings is 2. The summed E-state index contributed by atoms with van der Waals surface area (Å²) in [4.78, 5) is 0. The Bertz CT molecular complexity index is 500. The highest BCUT2D eigenvalue weighted by atomic mass is 14.1. The summed E-state index contributed by atoms with van der Waals surface area (Å²) in [6, 6.07) is 20.6. The van der Waals surface area contributed by atoms with Gasteiger partial charge in [-0.3, -0.25) is 0 Å². The Labute approximate surface area is 103 Å². The van der Waals surface area contributed by atoms with Crippen molar-refractivity contribution in [1.82, 2.24) is 0 Å². The zero-order valence-corrected chi connectivity index (χ0v) is 10.1. The van der Waals surface area contributed by atoms with Crippen molar-refractivity contribution in [2.24, 2.45) is 0 Å². The van der Waals surface area contributed by atoms with Gasteiger partial charge >= 0.3 is 0 Å². The number of hydrogen-bond acceptors (Lipinski definition) is 0. The zero-order valence-electron chi connectivity index (χ0n) is 10.1. The lowest BCUT2D eigenvalue weighted by atomic mass is 9.97. The van der Waals surface area contributed by atoms with Gasteiger partial charge < -0.3 is 0 Å². The second kappa shape index (κ2) is 5.92. The van der Waals surface area contributed by atoms with Crippen molar-refractivity contribution in [3.05, 3.63) is 71.8 Å². The van der Waals surface area contributed by atoms with Crippen LogP contribution in [0.1, 0.15) is 30.4 Å². The molecule has 2 rings (SSSR count). The van der Waals surface area contributed by atoms with Gasteiger partial charge in [-0.15, -0.1) is 0 Å². The molecule has 17 heavy (non-hydrogen) atoms. The molecule has 0 amide bonds. The maximum atomic E-state index is 3.35. The fourth-order valence-electron chi connectivity index (χ4n) is 1.80. The quantitative estimate of drug-likeness (QED) is 0.664. The van der Waals surface area contributed by atoms with E-state index in [-0.39, 0.29) is 0 Å². The van der Waals surface area contributed by atoms with Gasteiger partial charge in [-0.2, -0.15) is 0 Å². The van der Waals surface area contributed by atoms with Gasteiger partial charge in [-0.05, 0) is 24.1 Å². The Balaban J connectivity index is 2.20. The summed E-state index contributed by atoms with van der Waals surface area (Å²) in [5, 5.41) is 0. The Kier molecular flexibility index (Phi) is 4.00. The first-order chi connectivity index (χ1) is 8.40. The molecule has 0 radical (unpaired) electrons. The van der Waals surface area contributed by atoms with Gasteiger partial charge in [0, 0.05) is 11.5 Å². The summed E-state index contributed by atoms with van der Waals surface area (Å²) in [5.41, 5.74) is 2.39. The minimum absolute atomic E-state index is 0.330. The third-order valence-electron chi connectivity index (χ3n) is 2.77. The van der Waals surface area contributed by atoms with E-state index in [2.05, 4.69) is 43.0 Å². The minimum atomic E-state index is 0.330. The van der Waals surface area contributed by atoms with Crippen molar-refractivity contribution in [2.45, 2.75) is 19.3 Å². The smallest absolute Gasteiger partial charge is 0.0453 e. The van der Waals surface area contributed by atoms with Crippen LogP contribution in [0.4, 0.5) is 0 Å². The fourth-order valence-corrected chi connectivity index (χ4v) is 1.80. The van der Waals surface area contributed by atoms with Crippen LogP contribution >= 0.6 is 0 Å². The van der Waals surface area contributed by atoms with Crippen LogP contribution in [0.5, 0.6) is 0 Å². The van der Waals surface area contributed by atoms with E-state index in [0.29, 0.717) is 5.92 Å². The van der Waals surface area contributed by atoms with E-state index in [1.54, 1.807) is 0 Å². The van der Waals surface area contributed by atoms with Crippen LogP contribution in [0.3, 0.4) is 0 Å². The zero-order chi connectivity index (χ0) is 11.9. The highest BCUT2D eigenvalue weighted by Gasteiger charge is 2.03. The van der Waals surface area contributed by atoms with Gasteiger partial charge in [0.1, 0.15) is 0 Å². The second-order valence-electron chi connectivity index (χ2n) is 4.01. The lowest BCUT2D eigenvalue weighted by Gasteiger charge is -2.07. The lowest BCUT2D eigenvalue weighted by molar-refractivity contribution is 0.830. The van der Waals surface area contributed by atoms with Crippen LogP contribution in [0.25, 0.3) is 0 Å². The molecule has 1 unspecified atom stereocenters. The molecule has 0 saturated heterocycles.